The fourth-order valence-electron chi connectivity index (χ4n) is 4.63. The number of urea groups is 1. The quantitative estimate of drug-likeness (QED) is 0.315. The van der Waals surface area contributed by atoms with E-state index in [9.17, 15) is 14.4 Å². The number of fused-ring (bicyclic) bond motifs is 1. The second-order valence-corrected chi connectivity index (χ2v) is 9.32. The predicted molar refractivity (Wildman–Crippen MR) is 146 cm³/mol. The van der Waals surface area contributed by atoms with Crippen molar-refractivity contribution < 1.29 is 33.3 Å². The van der Waals surface area contributed by atoms with Crippen LogP contribution in [-0.4, -0.2) is 92.0 Å². The van der Waals surface area contributed by atoms with E-state index in [1.807, 2.05) is 30.3 Å². The Balaban J connectivity index is 1.39. The van der Waals surface area contributed by atoms with E-state index in [0.717, 1.165) is 22.3 Å². The highest BCUT2D eigenvalue weighted by atomic mass is 16.5. The molecule has 0 bridgehead atoms. The van der Waals surface area contributed by atoms with Crippen molar-refractivity contribution in [3.05, 3.63) is 64.1 Å². The summed E-state index contributed by atoms with van der Waals surface area (Å²) >= 11 is 0. The zero-order valence-electron chi connectivity index (χ0n) is 23.1. The second kappa shape index (κ2) is 13.4. The summed E-state index contributed by atoms with van der Waals surface area (Å²) in [4.78, 5) is 41.0. The van der Waals surface area contributed by atoms with E-state index < -0.39 is 12.1 Å². The number of anilines is 1. The Morgan fingerprint density at radius 1 is 0.800 bits per heavy atom. The molecule has 0 spiro atoms. The molecule has 1 aliphatic heterocycles. The van der Waals surface area contributed by atoms with E-state index in [-0.39, 0.29) is 51.7 Å². The van der Waals surface area contributed by atoms with Crippen LogP contribution in [0.3, 0.4) is 0 Å². The number of methoxy groups -OCH3 is 4. The average molecular weight is 558 g/mol. The fourth-order valence-corrected chi connectivity index (χ4v) is 4.63. The van der Waals surface area contributed by atoms with Crippen LogP contribution in [0.1, 0.15) is 15.9 Å². The highest BCUT2D eigenvalue weighted by molar-refractivity contribution is 5.89. The van der Waals surface area contributed by atoms with Gasteiger partial charge in [-0.1, -0.05) is 12.1 Å². The first-order valence-electron chi connectivity index (χ1n) is 12.7. The van der Waals surface area contributed by atoms with Crippen molar-refractivity contribution in [1.82, 2.24) is 18.9 Å². The predicted octanol–water partition coefficient (Wildman–Crippen LogP) is 2.09. The van der Waals surface area contributed by atoms with Crippen LogP contribution >= 0.6 is 0 Å². The molecule has 0 radical (unpaired) electrons. The maximum atomic E-state index is 12.8. The molecule has 40 heavy (non-hydrogen) atoms. The molecule has 2 aromatic carbocycles. The van der Waals surface area contributed by atoms with Crippen LogP contribution < -0.4 is 11.0 Å². The molecule has 1 fully saturated rings. The van der Waals surface area contributed by atoms with Gasteiger partial charge in [-0.2, -0.15) is 0 Å². The van der Waals surface area contributed by atoms with Gasteiger partial charge in [-0.15, -0.1) is 0 Å². The molecule has 1 N–H and O–H groups in total. The SMILES string of the molecule is COCN1CC(OC(=O)c2ccc(CNc3ccc4c(c3)n(COC)c(=O)n4COC)cc2)CN(COC)C1=O. The third-order valence-electron chi connectivity index (χ3n) is 6.45. The lowest BCUT2D eigenvalue weighted by Gasteiger charge is -2.38. The van der Waals surface area contributed by atoms with E-state index in [1.54, 1.807) is 21.3 Å². The summed E-state index contributed by atoms with van der Waals surface area (Å²) in [6, 6.07) is 12.5. The van der Waals surface area contributed by atoms with Crippen LogP contribution in [0.25, 0.3) is 11.0 Å². The molecule has 0 atom stereocenters. The number of nitrogens with one attached hydrogen (secondary N) is 1. The maximum absolute atomic E-state index is 12.8. The highest BCUT2D eigenvalue weighted by Crippen LogP contribution is 2.20. The largest absolute Gasteiger partial charge is 0.455 e. The number of imidazole rings is 1. The minimum absolute atomic E-state index is 0.0884. The molecule has 3 aromatic rings. The van der Waals surface area contributed by atoms with Crippen LogP contribution in [0.5, 0.6) is 0 Å². The molecule has 2 amide bonds. The number of ether oxygens (including phenoxy) is 5. The van der Waals surface area contributed by atoms with Crippen molar-refractivity contribution in [3.8, 4) is 0 Å². The molecular weight excluding hydrogens is 522 g/mol. The van der Waals surface area contributed by atoms with Gasteiger partial charge in [-0.05, 0) is 35.9 Å². The average Bonchev–Trinajstić information content (AvgIpc) is 3.21. The Bertz CT molecular complexity index is 1350. The summed E-state index contributed by atoms with van der Waals surface area (Å²) in [6.07, 6.45) is -0.527. The Hall–Kier alpha value is -3.91. The molecule has 13 heteroatoms. The molecule has 1 aromatic heterocycles. The van der Waals surface area contributed by atoms with E-state index in [4.69, 9.17) is 23.7 Å². The molecule has 13 nitrogen and oxygen atoms in total. The van der Waals surface area contributed by atoms with E-state index in [0.29, 0.717) is 12.1 Å². The summed E-state index contributed by atoms with van der Waals surface area (Å²) in [6.45, 7) is 1.41. The van der Waals surface area contributed by atoms with Gasteiger partial charge in [0.15, 0.2) is 0 Å². The Morgan fingerprint density at radius 2 is 1.38 bits per heavy atom. The van der Waals surface area contributed by atoms with Crippen LogP contribution in [0.4, 0.5) is 10.5 Å². The fraction of sp³-hybridized carbons (Fsp3) is 0.444. The lowest BCUT2D eigenvalue weighted by Crippen LogP contribution is -2.57. The van der Waals surface area contributed by atoms with Gasteiger partial charge in [0.1, 0.15) is 33.0 Å². The number of aromatic nitrogens is 2. The third-order valence-corrected chi connectivity index (χ3v) is 6.45. The van der Waals surface area contributed by atoms with Gasteiger partial charge >= 0.3 is 17.7 Å². The van der Waals surface area contributed by atoms with Gasteiger partial charge in [0.2, 0.25) is 0 Å². The summed E-state index contributed by atoms with van der Waals surface area (Å²) in [5.41, 5.74) is 3.43. The smallest absolute Gasteiger partial charge is 0.338 e. The first-order chi connectivity index (χ1) is 19.4. The third kappa shape index (κ3) is 6.45. The molecule has 1 aliphatic rings. The lowest BCUT2D eigenvalue weighted by molar-refractivity contribution is -0.0401. The van der Waals surface area contributed by atoms with E-state index in [2.05, 4.69) is 5.32 Å². The summed E-state index contributed by atoms with van der Waals surface area (Å²) in [5, 5.41) is 3.36. The van der Waals surface area contributed by atoms with Gasteiger partial charge in [0.25, 0.3) is 0 Å². The molecule has 216 valence electrons. The van der Waals surface area contributed by atoms with Gasteiger partial charge in [-0.25, -0.2) is 14.4 Å². The van der Waals surface area contributed by atoms with Crippen LogP contribution in [0, 0.1) is 0 Å². The number of carbonyl (C=O) groups is 2. The Morgan fingerprint density at radius 3 is 1.95 bits per heavy atom. The normalized spacial score (nSPS) is 14.2. The number of amides is 2. The molecular formula is C27H35N5O8. The first-order valence-corrected chi connectivity index (χ1v) is 12.7. The Kier molecular flexibility index (Phi) is 9.77. The summed E-state index contributed by atoms with van der Waals surface area (Å²) < 4.78 is 29.4. The van der Waals surface area contributed by atoms with Crippen LogP contribution in [0.2, 0.25) is 0 Å². The minimum atomic E-state index is -0.527. The minimum Gasteiger partial charge on any atom is -0.455 e. The van der Waals surface area contributed by atoms with Crippen molar-refractivity contribution in [2.45, 2.75) is 26.1 Å². The van der Waals surface area contributed by atoms with Crippen LogP contribution in [-0.2, 0) is 43.7 Å². The number of benzene rings is 2. The van der Waals surface area contributed by atoms with Crippen molar-refractivity contribution in [2.75, 3.05) is 60.3 Å². The zero-order chi connectivity index (χ0) is 28.6. The molecule has 0 saturated carbocycles. The molecule has 0 aliphatic carbocycles. The van der Waals surface area contributed by atoms with Gasteiger partial charge < -0.3 is 29.0 Å². The number of carbonyl (C=O) groups excluding carboxylic acids is 2. The van der Waals surface area contributed by atoms with Crippen LogP contribution in [0.15, 0.2) is 47.3 Å². The van der Waals surface area contributed by atoms with Gasteiger partial charge in [0, 0.05) is 40.7 Å². The number of nitrogens with zero attached hydrogens (tertiary/aromatic N) is 4. The van der Waals surface area contributed by atoms with Crippen molar-refractivity contribution in [1.29, 1.82) is 0 Å². The highest BCUT2D eigenvalue weighted by Gasteiger charge is 2.34. The summed E-state index contributed by atoms with van der Waals surface area (Å²) in [7, 11) is 6.07. The van der Waals surface area contributed by atoms with E-state index >= 15 is 0 Å². The molecule has 4 rings (SSSR count). The topological polar surface area (TPSA) is 126 Å². The number of rotatable bonds is 13. The Labute approximate surface area is 231 Å². The number of hydrogen-bond donors (Lipinski definition) is 1. The zero-order valence-corrected chi connectivity index (χ0v) is 23.1. The van der Waals surface area contributed by atoms with Crippen molar-refractivity contribution >= 4 is 28.7 Å². The maximum Gasteiger partial charge on any atom is 0.338 e. The molecule has 0 unspecified atom stereocenters. The number of esters is 1. The number of hydrogen-bond acceptors (Lipinski definition) is 9. The lowest BCUT2D eigenvalue weighted by atomic mass is 10.1. The van der Waals surface area contributed by atoms with Gasteiger partial charge in [0.05, 0.1) is 29.7 Å². The second-order valence-electron chi connectivity index (χ2n) is 9.32. The monoisotopic (exact) mass is 557 g/mol. The van der Waals surface area contributed by atoms with Crippen molar-refractivity contribution in [3.63, 3.8) is 0 Å². The molecule has 2 heterocycles. The van der Waals surface area contributed by atoms with E-state index in [1.165, 1.54) is 38.2 Å². The standard InChI is InChI=1S/C27H35N5O8/c1-36-15-29-13-22(14-30(16-37-2)26(29)34)40-25(33)20-7-5-19(6-8-20)12-28-21-9-10-23-24(11-21)32(18-39-4)27(35)31(23)17-38-3/h5-11,22,28H,12-18H2,1-4H3. The molecule has 1 saturated heterocycles. The van der Waals surface area contributed by atoms with Gasteiger partial charge in [-0.3, -0.25) is 18.9 Å². The van der Waals surface area contributed by atoms with Crippen molar-refractivity contribution in [2.24, 2.45) is 0 Å². The first kappa shape index (κ1) is 29.1. The summed E-state index contributed by atoms with van der Waals surface area (Å²) in [5.74, 6) is -0.476.